The Morgan fingerprint density at radius 2 is 2.50 bits per heavy atom. The van der Waals surface area contributed by atoms with Crippen molar-refractivity contribution in [2.75, 3.05) is 13.1 Å². The molecule has 0 aliphatic carbocycles. The summed E-state index contributed by atoms with van der Waals surface area (Å²) in [6.45, 7) is 4.42. The van der Waals surface area contributed by atoms with Gasteiger partial charge in [-0.1, -0.05) is 13.0 Å². The van der Waals surface area contributed by atoms with Crippen LogP contribution in [-0.4, -0.2) is 30.3 Å². The second kappa shape index (κ2) is 3.52. The summed E-state index contributed by atoms with van der Waals surface area (Å²) in [4.78, 5) is 12.3. The lowest BCUT2D eigenvalue weighted by Crippen LogP contribution is -2.45. The summed E-state index contributed by atoms with van der Waals surface area (Å²) in [5.74, 6) is 0. The standard InChI is InChI=1S/C8H13NO/c1-2-9-6-5-8(9)4-3-7-10/h3-4,7-8H,2,5-6H2,1H3/b4-3+. The molecule has 1 rings (SSSR count). The quantitative estimate of drug-likeness (QED) is 0.426. The fourth-order valence-electron chi connectivity index (χ4n) is 1.24. The van der Waals surface area contributed by atoms with Crippen molar-refractivity contribution in [3.8, 4) is 0 Å². The van der Waals surface area contributed by atoms with Gasteiger partial charge in [0, 0.05) is 12.6 Å². The van der Waals surface area contributed by atoms with Gasteiger partial charge in [-0.15, -0.1) is 0 Å². The maximum Gasteiger partial charge on any atom is 0.142 e. The van der Waals surface area contributed by atoms with E-state index in [1.807, 2.05) is 6.08 Å². The largest absolute Gasteiger partial charge is 0.299 e. The molecule has 1 aliphatic heterocycles. The minimum Gasteiger partial charge on any atom is -0.299 e. The highest BCUT2D eigenvalue weighted by Crippen LogP contribution is 2.16. The number of rotatable bonds is 3. The first kappa shape index (κ1) is 7.48. The van der Waals surface area contributed by atoms with Crippen LogP contribution in [0.3, 0.4) is 0 Å². The average molecular weight is 139 g/mol. The van der Waals surface area contributed by atoms with Gasteiger partial charge in [0.1, 0.15) is 6.29 Å². The first-order chi connectivity index (χ1) is 4.88. The molecular formula is C8H13NO. The van der Waals surface area contributed by atoms with E-state index >= 15 is 0 Å². The molecule has 0 aromatic rings. The van der Waals surface area contributed by atoms with Crippen LogP contribution in [0.4, 0.5) is 0 Å². The molecular weight excluding hydrogens is 126 g/mol. The zero-order chi connectivity index (χ0) is 7.40. The Kier molecular flexibility index (Phi) is 2.63. The second-order valence-corrected chi connectivity index (χ2v) is 2.51. The highest BCUT2D eigenvalue weighted by atomic mass is 16.1. The SMILES string of the molecule is CCN1CCC1/C=C/C=O. The number of carbonyl (C=O) groups excluding carboxylic acids is 1. The van der Waals surface area contributed by atoms with Crippen molar-refractivity contribution >= 4 is 6.29 Å². The van der Waals surface area contributed by atoms with E-state index < -0.39 is 0 Å². The van der Waals surface area contributed by atoms with Crippen LogP contribution in [0.1, 0.15) is 13.3 Å². The molecule has 1 aliphatic rings. The number of hydrogen-bond donors (Lipinski definition) is 0. The van der Waals surface area contributed by atoms with Crippen molar-refractivity contribution in [3.63, 3.8) is 0 Å². The van der Waals surface area contributed by atoms with Gasteiger partial charge in [0.2, 0.25) is 0 Å². The van der Waals surface area contributed by atoms with Crippen LogP contribution in [0.15, 0.2) is 12.2 Å². The van der Waals surface area contributed by atoms with Crippen LogP contribution in [0.25, 0.3) is 0 Å². The van der Waals surface area contributed by atoms with Crippen LogP contribution in [-0.2, 0) is 4.79 Å². The lowest BCUT2D eigenvalue weighted by molar-refractivity contribution is -0.104. The fourth-order valence-corrected chi connectivity index (χ4v) is 1.24. The predicted octanol–water partition coefficient (Wildman–Crippen LogP) is 0.836. The van der Waals surface area contributed by atoms with Crippen LogP contribution >= 0.6 is 0 Å². The summed E-state index contributed by atoms with van der Waals surface area (Å²) in [6, 6.07) is 0.537. The Hall–Kier alpha value is -0.630. The lowest BCUT2D eigenvalue weighted by atomic mass is 10.0. The normalized spacial score (nSPS) is 26.7. The molecule has 0 bridgehead atoms. The highest BCUT2D eigenvalue weighted by Gasteiger charge is 2.22. The van der Waals surface area contributed by atoms with E-state index in [2.05, 4.69) is 11.8 Å². The van der Waals surface area contributed by atoms with Crippen LogP contribution in [0, 0.1) is 0 Å². The van der Waals surface area contributed by atoms with Gasteiger partial charge >= 0.3 is 0 Å². The third-order valence-corrected chi connectivity index (χ3v) is 2.00. The molecule has 1 saturated heterocycles. The van der Waals surface area contributed by atoms with E-state index in [0.717, 1.165) is 12.8 Å². The first-order valence-corrected chi connectivity index (χ1v) is 3.74. The molecule has 56 valence electrons. The molecule has 10 heavy (non-hydrogen) atoms. The Morgan fingerprint density at radius 1 is 1.70 bits per heavy atom. The second-order valence-electron chi connectivity index (χ2n) is 2.51. The summed E-state index contributed by atoms with van der Waals surface area (Å²) in [7, 11) is 0. The number of likely N-dealkylation sites (N-methyl/N-ethyl adjacent to an activating group) is 1. The van der Waals surface area contributed by atoms with Crippen molar-refractivity contribution in [1.29, 1.82) is 0 Å². The van der Waals surface area contributed by atoms with Crippen molar-refractivity contribution in [1.82, 2.24) is 4.90 Å². The maximum absolute atomic E-state index is 9.94. The van der Waals surface area contributed by atoms with Gasteiger partial charge in [-0.3, -0.25) is 9.69 Å². The number of aldehydes is 1. The Morgan fingerprint density at radius 3 is 2.90 bits per heavy atom. The molecule has 1 heterocycles. The molecule has 0 N–H and O–H groups in total. The zero-order valence-electron chi connectivity index (χ0n) is 6.29. The van der Waals surface area contributed by atoms with Gasteiger partial charge in [-0.05, 0) is 19.0 Å². The molecule has 0 saturated carbocycles. The number of nitrogens with zero attached hydrogens (tertiary/aromatic N) is 1. The van der Waals surface area contributed by atoms with Gasteiger partial charge in [0.05, 0.1) is 0 Å². The summed E-state index contributed by atoms with van der Waals surface area (Å²) in [5.41, 5.74) is 0. The van der Waals surface area contributed by atoms with Crippen LogP contribution in [0.5, 0.6) is 0 Å². The van der Waals surface area contributed by atoms with Gasteiger partial charge in [0.25, 0.3) is 0 Å². The number of carbonyl (C=O) groups is 1. The van der Waals surface area contributed by atoms with E-state index in [4.69, 9.17) is 0 Å². The van der Waals surface area contributed by atoms with E-state index in [1.54, 1.807) is 6.08 Å². The molecule has 2 nitrogen and oxygen atoms in total. The molecule has 1 unspecified atom stereocenters. The summed E-state index contributed by atoms with van der Waals surface area (Å²) < 4.78 is 0. The summed E-state index contributed by atoms with van der Waals surface area (Å²) in [6.07, 6.45) is 5.61. The molecule has 0 aromatic heterocycles. The van der Waals surface area contributed by atoms with Crippen molar-refractivity contribution < 1.29 is 4.79 Å². The smallest absolute Gasteiger partial charge is 0.142 e. The van der Waals surface area contributed by atoms with E-state index in [9.17, 15) is 4.79 Å². The monoisotopic (exact) mass is 139 g/mol. The van der Waals surface area contributed by atoms with Crippen molar-refractivity contribution in [2.45, 2.75) is 19.4 Å². The maximum atomic E-state index is 9.94. The third-order valence-electron chi connectivity index (χ3n) is 2.00. The third kappa shape index (κ3) is 1.45. The van der Waals surface area contributed by atoms with Crippen LogP contribution in [0.2, 0.25) is 0 Å². The Bertz CT molecular complexity index is 140. The Labute approximate surface area is 61.5 Å². The zero-order valence-corrected chi connectivity index (χ0v) is 6.29. The van der Waals surface area contributed by atoms with Crippen molar-refractivity contribution in [3.05, 3.63) is 12.2 Å². The van der Waals surface area contributed by atoms with E-state index in [1.165, 1.54) is 13.0 Å². The van der Waals surface area contributed by atoms with E-state index in [-0.39, 0.29) is 0 Å². The molecule has 1 fully saturated rings. The molecule has 0 aromatic carbocycles. The summed E-state index contributed by atoms with van der Waals surface area (Å²) >= 11 is 0. The van der Waals surface area contributed by atoms with Gasteiger partial charge in [0.15, 0.2) is 0 Å². The fraction of sp³-hybridized carbons (Fsp3) is 0.625. The number of hydrogen-bond acceptors (Lipinski definition) is 2. The topological polar surface area (TPSA) is 20.3 Å². The average Bonchev–Trinajstić information content (AvgIpc) is 1.88. The molecule has 0 spiro atoms. The lowest BCUT2D eigenvalue weighted by Gasteiger charge is -2.38. The number of allylic oxidation sites excluding steroid dienone is 1. The highest BCUT2D eigenvalue weighted by molar-refractivity contribution is 5.64. The van der Waals surface area contributed by atoms with E-state index in [0.29, 0.717) is 6.04 Å². The Balaban J connectivity index is 2.28. The molecule has 0 amide bonds. The first-order valence-electron chi connectivity index (χ1n) is 3.74. The molecule has 0 radical (unpaired) electrons. The predicted molar refractivity (Wildman–Crippen MR) is 40.9 cm³/mol. The van der Waals surface area contributed by atoms with Crippen molar-refractivity contribution in [2.24, 2.45) is 0 Å². The van der Waals surface area contributed by atoms with Gasteiger partial charge in [-0.25, -0.2) is 0 Å². The number of likely N-dealkylation sites (tertiary alicyclic amines) is 1. The summed E-state index contributed by atoms with van der Waals surface area (Å²) in [5, 5.41) is 0. The molecule has 2 heteroatoms. The van der Waals surface area contributed by atoms with Gasteiger partial charge < -0.3 is 0 Å². The molecule has 1 atom stereocenters. The van der Waals surface area contributed by atoms with Crippen LogP contribution < -0.4 is 0 Å². The van der Waals surface area contributed by atoms with Gasteiger partial charge in [-0.2, -0.15) is 0 Å². The minimum atomic E-state index is 0.537. The minimum absolute atomic E-state index is 0.537.